The van der Waals surface area contributed by atoms with Gasteiger partial charge in [0.05, 0.1) is 0 Å². The summed E-state index contributed by atoms with van der Waals surface area (Å²) in [6.07, 6.45) is 4.52. The van der Waals surface area contributed by atoms with E-state index in [1.165, 1.54) is 31.2 Å². The summed E-state index contributed by atoms with van der Waals surface area (Å²) >= 11 is 0. The van der Waals surface area contributed by atoms with Crippen LogP contribution in [-0.4, -0.2) is 30.9 Å². The third-order valence-corrected chi connectivity index (χ3v) is 4.98. The lowest BCUT2D eigenvalue weighted by atomic mass is 9.79. The van der Waals surface area contributed by atoms with Crippen molar-refractivity contribution in [1.29, 1.82) is 0 Å². The summed E-state index contributed by atoms with van der Waals surface area (Å²) in [4.78, 5) is 0. The Balaban J connectivity index is 1.47. The minimum Gasteiger partial charge on any atom is -0.491 e. The molecule has 0 bridgehead atoms. The van der Waals surface area contributed by atoms with E-state index in [0.717, 1.165) is 12.3 Å². The monoisotopic (exact) mass is 325 g/mol. The number of aliphatic hydroxyl groups excluding tert-OH is 1. The molecule has 0 amide bonds. The number of hydrogen-bond donors (Lipinski definition) is 2. The summed E-state index contributed by atoms with van der Waals surface area (Å²) in [6, 6.07) is 20.4. The zero-order valence-corrected chi connectivity index (χ0v) is 14.2. The highest BCUT2D eigenvalue weighted by Gasteiger charge is 2.35. The molecule has 0 radical (unpaired) electrons. The average Bonchev–Trinajstić information content (AvgIpc) is 3.12. The Labute approximate surface area is 144 Å². The average molecular weight is 325 g/mol. The molecule has 3 rings (SSSR count). The molecule has 128 valence electrons. The summed E-state index contributed by atoms with van der Waals surface area (Å²) in [5.41, 5.74) is 1.64. The summed E-state index contributed by atoms with van der Waals surface area (Å²) in [6.45, 7) is 1.79. The predicted octanol–water partition coefficient (Wildman–Crippen LogP) is 3.53. The van der Waals surface area contributed by atoms with Crippen molar-refractivity contribution in [2.45, 2.75) is 37.2 Å². The lowest BCUT2D eigenvalue weighted by Crippen LogP contribution is -2.40. The summed E-state index contributed by atoms with van der Waals surface area (Å²) in [5, 5.41) is 13.6. The molecular weight excluding hydrogens is 298 g/mol. The number of nitrogens with one attached hydrogen (secondary N) is 1. The number of aliphatic hydroxyl groups is 1. The van der Waals surface area contributed by atoms with E-state index >= 15 is 0 Å². The van der Waals surface area contributed by atoms with E-state index in [4.69, 9.17) is 4.74 Å². The third-order valence-electron chi connectivity index (χ3n) is 4.98. The van der Waals surface area contributed by atoms with Crippen molar-refractivity contribution < 1.29 is 9.84 Å². The Morgan fingerprint density at radius 2 is 1.58 bits per heavy atom. The second-order valence-electron chi connectivity index (χ2n) is 6.76. The fourth-order valence-corrected chi connectivity index (χ4v) is 3.66. The van der Waals surface area contributed by atoms with Crippen molar-refractivity contribution in [2.75, 3.05) is 19.7 Å². The van der Waals surface area contributed by atoms with Crippen LogP contribution in [0.1, 0.15) is 31.2 Å². The molecule has 1 aliphatic rings. The van der Waals surface area contributed by atoms with E-state index in [2.05, 4.69) is 35.6 Å². The van der Waals surface area contributed by atoms with E-state index in [1.807, 2.05) is 30.3 Å². The number of para-hydroxylation sites is 1. The van der Waals surface area contributed by atoms with Gasteiger partial charge in [0.2, 0.25) is 0 Å². The summed E-state index contributed by atoms with van der Waals surface area (Å²) in [7, 11) is 0. The lowest BCUT2D eigenvalue weighted by molar-refractivity contribution is 0.105. The van der Waals surface area contributed by atoms with Gasteiger partial charge in [-0.1, -0.05) is 61.4 Å². The normalized spacial score (nSPS) is 17.5. The zero-order chi connectivity index (χ0) is 16.7. The maximum absolute atomic E-state index is 10.2. The quantitative estimate of drug-likeness (QED) is 0.780. The fourth-order valence-electron chi connectivity index (χ4n) is 3.66. The van der Waals surface area contributed by atoms with Gasteiger partial charge in [0.15, 0.2) is 0 Å². The van der Waals surface area contributed by atoms with Gasteiger partial charge < -0.3 is 15.2 Å². The first kappa shape index (κ1) is 17.0. The summed E-state index contributed by atoms with van der Waals surface area (Å²) in [5.74, 6) is 0.799. The second-order valence-corrected chi connectivity index (χ2v) is 6.76. The van der Waals surface area contributed by atoms with E-state index in [0.29, 0.717) is 13.2 Å². The standard InChI is InChI=1S/C21H27NO2/c23-19(16-24-20-11-5-2-6-12-20)15-22-17-21(13-7-8-14-21)18-9-3-1-4-10-18/h1-6,9-12,19,22-23H,7-8,13-17H2/t19-/m0/s1. The molecule has 0 unspecified atom stereocenters. The topological polar surface area (TPSA) is 41.5 Å². The Morgan fingerprint density at radius 3 is 2.25 bits per heavy atom. The minimum atomic E-state index is -0.501. The van der Waals surface area contributed by atoms with Crippen LogP contribution in [0.4, 0.5) is 0 Å². The summed E-state index contributed by atoms with van der Waals surface area (Å²) < 4.78 is 5.61. The van der Waals surface area contributed by atoms with Crippen LogP contribution >= 0.6 is 0 Å². The van der Waals surface area contributed by atoms with Crippen molar-refractivity contribution in [2.24, 2.45) is 0 Å². The number of benzene rings is 2. The van der Waals surface area contributed by atoms with Gasteiger partial charge in [-0.2, -0.15) is 0 Å². The lowest BCUT2D eigenvalue weighted by Gasteiger charge is -2.30. The highest BCUT2D eigenvalue weighted by atomic mass is 16.5. The number of rotatable bonds is 8. The van der Waals surface area contributed by atoms with Crippen molar-refractivity contribution in [1.82, 2.24) is 5.32 Å². The van der Waals surface area contributed by atoms with Crippen LogP contribution in [0.15, 0.2) is 60.7 Å². The molecule has 2 aromatic carbocycles. The highest BCUT2D eigenvalue weighted by Crippen LogP contribution is 2.40. The first-order valence-corrected chi connectivity index (χ1v) is 8.91. The molecule has 0 heterocycles. The maximum Gasteiger partial charge on any atom is 0.119 e. The maximum atomic E-state index is 10.2. The largest absolute Gasteiger partial charge is 0.491 e. The molecule has 3 heteroatoms. The predicted molar refractivity (Wildman–Crippen MR) is 97.4 cm³/mol. The van der Waals surface area contributed by atoms with E-state index < -0.39 is 6.10 Å². The molecule has 1 aliphatic carbocycles. The SMILES string of the molecule is O[C@@H](CNCC1(c2ccccc2)CCCC1)COc1ccccc1. The number of hydrogen-bond acceptors (Lipinski definition) is 3. The van der Waals surface area contributed by atoms with Gasteiger partial charge in [-0.15, -0.1) is 0 Å². The Kier molecular flexibility index (Phi) is 5.89. The highest BCUT2D eigenvalue weighted by molar-refractivity contribution is 5.27. The minimum absolute atomic E-state index is 0.223. The van der Waals surface area contributed by atoms with Crippen LogP contribution in [0.25, 0.3) is 0 Å². The van der Waals surface area contributed by atoms with Crippen LogP contribution in [-0.2, 0) is 5.41 Å². The van der Waals surface area contributed by atoms with Crippen molar-refractivity contribution in [3.05, 3.63) is 66.2 Å². The van der Waals surface area contributed by atoms with Crippen molar-refractivity contribution in [3.63, 3.8) is 0 Å². The first-order chi connectivity index (χ1) is 11.8. The van der Waals surface area contributed by atoms with Crippen LogP contribution in [0, 0.1) is 0 Å². The molecular formula is C21H27NO2. The molecule has 3 nitrogen and oxygen atoms in total. The van der Waals surface area contributed by atoms with Gasteiger partial charge in [-0.3, -0.25) is 0 Å². The van der Waals surface area contributed by atoms with Gasteiger partial charge in [-0.05, 0) is 30.5 Å². The molecule has 0 saturated heterocycles. The Bertz CT molecular complexity index is 594. The van der Waals surface area contributed by atoms with E-state index in [1.54, 1.807) is 0 Å². The smallest absolute Gasteiger partial charge is 0.119 e. The van der Waals surface area contributed by atoms with Crippen LogP contribution in [0.5, 0.6) is 5.75 Å². The molecule has 1 atom stereocenters. The molecule has 0 aromatic heterocycles. The van der Waals surface area contributed by atoms with Crippen LogP contribution in [0.2, 0.25) is 0 Å². The molecule has 1 saturated carbocycles. The molecule has 2 aromatic rings. The van der Waals surface area contributed by atoms with E-state index in [9.17, 15) is 5.11 Å². The first-order valence-electron chi connectivity index (χ1n) is 8.91. The van der Waals surface area contributed by atoms with Crippen molar-refractivity contribution >= 4 is 0 Å². The zero-order valence-electron chi connectivity index (χ0n) is 14.2. The third kappa shape index (κ3) is 4.37. The van der Waals surface area contributed by atoms with Gasteiger partial charge in [-0.25, -0.2) is 0 Å². The molecule has 0 spiro atoms. The molecule has 24 heavy (non-hydrogen) atoms. The van der Waals surface area contributed by atoms with Gasteiger partial charge in [0.1, 0.15) is 18.5 Å². The molecule has 1 fully saturated rings. The second kappa shape index (κ2) is 8.32. The molecule has 2 N–H and O–H groups in total. The fraction of sp³-hybridized carbons (Fsp3) is 0.429. The van der Waals surface area contributed by atoms with Crippen molar-refractivity contribution in [3.8, 4) is 5.75 Å². The van der Waals surface area contributed by atoms with Gasteiger partial charge in [0.25, 0.3) is 0 Å². The van der Waals surface area contributed by atoms with Gasteiger partial charge in [0, 0.05) is 18.5 Å². The Morgan fingerprint density at radius 1 is 0.958 bits per heavy atom. The van der Waals surface area contributed by atoms with Crippen LogP contribution < -0.4 is 10.1 Å². The number of ether oxygens (including phenoxy) is 1. The van der Waals surface area contributed by atoms with Crippen LogP contribution in [0.3, 0.4) is 0 Å². The van der Waals surface area contributed by atoms with E-state index in [-0.39, 0.29) is 5.41 Å². The Hall–Kier alpha value is -1.84. The van der Waals surface area contributed by atoms with Gasteiger partial charge >= 0.3 is 0 Å². The molecule has 0 aliphatic heterocycles.